The highest BCUT2D eigenvalue weighted by Crippen LogP contribution is 2.23. The second-order valence-corrected chi connectivity index (χ2v) is 4.40. The summed E-state index contributed by atoms with van der Waals surface area (Å²) in [6.07, 6.45) is 1.14. The minimum atomic E-state index is 0.508. The Morgan fingerprint density at radius 1 is 1.57 bits per heavy atom. The molecule has 0 N–H and O–H groups in total. The van der Waals surface area contributed by atoms with Crippen LogP contribution in [0.15, 0.2) is 5.38 Å². The van der Waals surface area contributed by atoms with E-state index < -0.39 is 0 Å². The number of aromatic nitrogens is 1. The maximum atomic E-state index is 5.73. The van der Waals surface area contributed by atoms with Gasteiger partial charge >= 0.3 is 0 Å². The number of thiazole rings is 1. The van der Waals surface area contributed by atoms with E-state index in [0.717, 1.165) is 23.8 Å². The van der Waals surface area contributed by atoms with Crippen molar-refractivity contribution in [2.24, 2.45) is 0 Å². The molecule has 0 bridgehead atoms. The highest BCUT2D eigenvalue weighted by Gasteiger charge is 2.14. The van der Waals surface area contributed by atoms with Crippen LogP contribution in [0.3, 0.4) is 0 Å². The molecule has 0 saturated carbocycles. The molecule has 0 amide bonds. The molecular formula is C10H17ClN2S. The molecule has 14 heavy (non-hydrogen) atoms. The molecule has 1 aromatic rings. The van der Waals surface area contributed by atoms with Gasteiger partial charge in [0.05, 0.1) is 11.6 Å². The summed E-state index contributed by atoms with van der Waals surface area (Å²) in [5, 5.41) is 3.13. The van der Waals surface area contributed by atoms with E-state index in [1.54, 1.807) is 11.3 Å². The Morgan fingerprint density at radius 3 is 2.71 bits per heavy atom. The number of halogens is 1. The van der Waals surface area contributed by atoms with Crippen LogP contribution in [0.4, 0.5) is 5.13 Å². The summed E-state index contributed by atoms with van der Waals surface area (Å²) in [4.78, 5) is 6.80. The Hall–Kier alpha value is -0.280. The van der Waals surface area contributed by atoms with Crippen molar-refractivity contribution >= 4 is 28.1 Å². The fourth-order valence-electron chi connectivity index (χ4n) is 1.35. The predicted octanol–water partition coefficient (Wildman–Crippen LogP) is 3.51. The largest absolute Gasteiger partial charge is 0.346 e. The average molecular weight is 233 g/mol. The molecule has 1 unspecified atom stereocenters. The first kappa shape index (κ1) is 11.8. The Kier molecular flexibility index (Phi) is 4.69. The molecule has 4 heteroatoms. The average Bonchev–Trinajstić information content (AvgIpc) is 2.67. The first-order valence-corrected chi connectivity index (χ1v) is 6.41. The third-order valence-corrected chi connectivity index (χ3v) is 3.59. The van der Waals surface area contributed by atoms with Crippen molar-refractivity contribution in [1.29, 1.82) is 0 Å². The maximum Gasteiger partial charge on any atom is 0.185 e. The van der Waals surface area contributed by atoms with Crippen LogP contribution in [0.1, 0.15) is 32.9 Å². The van der Waals surface area contributed by atoms with Crippen LogP contribution in [0.2, 0.25) is 0 Å². The van der Waals surface area contributed by atoms with Gasteiger partial charge in [-0.2, -0.15) is 0 Å². The van der Waals surface area contributed by atoms with Gasteiger partial charge in [-0.1, -0.05) is 6.92 Å². The summed E-state index contributed by atoms with van der Waals surface area (Å²) in [6, 6.07) is 0.550. The van der Waals surface area contributed by atoms with E-state index in [0.29, 0.717) is 11.9 Å². The first-order valence-electron chi connectivity index (χ1n) is 4.99. The van der Waals surface area contributed by atoms with E-state index in [-0.39, 0.29) is 0 Å². The lowest BCUT2D eigenvalue weighted by Crippen LogP contribution is -2.32. The Balaban J connectivity index is 2.78. The third kappa shape index (κ3) is 2.61. The second-order valence-electron chi connectivity index (χ2n) is 3.30. The third-order valence-electron chi connectivity index (χ3n) is 2.39. The van der Waals surface area contributed by atoms with Crippen molar-refractivity contribution in [1.82, 2.24) is 4.98 Å². The molecule has 0 spiro atoms. The van der Waals surface area contributed by atoms with Crippen LogP contribution in [0.5, 0.6) is 0 Å². The van der Waals surface area contributed by atoms with Gasteiger partial charge in [0.25, 0.3) is 0 Å². The number of nitrogens with zero attached hydrogens (tertiary/aromatic N) is 2. The summed E-state index contributed by atoms with van der Waals surface area (Å²) in [6.45, 7) is 7.59. The van der Waals surface area contributed by atoms with Crippen molar-refractivity contribution < 1.29 is 0 Å². The molecule has 0 aliphatic heterocycles. The number of rotatable bonds is 5. The van der Waals surface area contributed by atoms with Crippen LogP contribution in [-0.4, -0.2) is 17.6 Å². The quantitative estimate of drug-likeness (QED) is 0.723. The maximum absolute atomic E-state index is 5.73. The summed E-state index contributed by atoms with van der Waals surface area (Å²) in [5.74, 6) is 0.508. The van der Waals surface area contributed by atoms with Gasteiger partial charge in [0.2, 0.25) is 0 Å². The van der Waals surface area contributed by atoms with E-state index in [9.17, 15) is 0 Å². The van der Waals surface area contributed by atoms with Crippen LogP contribution >= 0.6 is 22.9 Å². The summed E-state index contributed by atoms with van der Waals surface area (Å²) >= 11 is 7.41. The molecule has 1 aromatic heterocycles. The molecule has 1 heterocycles. The normalized spacial score (nSPS) is 12.9. The zero-order valence-electron chi connectivity index (χ0n) is 8.96. The molecule has 0 saturated heterocycles. The Labute approximate surface area is 94.9 Å². The first-order chi connectivity index (χ1) is 6.72. The number of anilines is 1. The summed E-state index contributed by atoms with van der Waals surface area (Å²) in [7, 11) is 0. The minimum Gasteiger partial charge on any atom is -0.346 e. The zero-order chi connectivity index (χ0) is 10.6. The minimum absolute atomic E-state index is 0.508. The number of alkyl halides is 1. The van der Waals surface area contributed by atoms with E-state index >= 15 is 0 Å². The molecule has 0 aliphatic carbocycles. The van der Waals surface area contributed by atoms with Crippen LogP contribution in [0, 0.1) is 0 Å². The van der Waals surface area contributed by atoms with E-state index in [2.05, 4.69) is 30.7 Å². The van der Waals surface area contributed by atoms with Gasteiger partial charge in [-0.05, 0) is 20.3 Å². The molecule has 1 rings (SSSR count). The van der Waals surface area contributed by atoms with Gasteiger partial charge in [-0.25, -0.2) is 4.98 Å². The molecule has 0 radical (unpaired) electrons. The van der Waals surface area contributed by atoms with Gasteiger partial charge < -0.3 is 4.90 Å². The molecular weight excluding hydrogens is 216 g/mol. The zero-order valence-corrected chi connectivity index (χ0v) is 10.5. The molecule has 80 valence electrons. The molecule has 1 atom stereocenters. The van der Waals surface area contributed by atoms with Crippen molar-refractivity contribution in [3.05, 3.63) is 11.1 Å². The van der Waals surface area contributed by atoms with Crippen molar-refractivity contribution in [3.63, 3.8) is 0 Å². The monoisotopic (exact) mass is 232 g/mol. The molecule has 0 aromatic carbocycles. The van der Waals surface area contributed by atoms with Crippen molar-refractivity contribution in [2.75, 3.05) is 11.4 Å². The molecule has 0 fully saturated rings. The summed E-state index contributed by atoms with van der Waals surface area (Å²) < 4.78 is 0. The SMILES string of the molecule is CCC(C)N(CC)c1nc(CCl)cs1. The fraction of sp³-hybridized carbons (Fsp3) is 0.700. The van der Waals surface area contributed by atoms with E-state index in [4.69, 9.17) is 11.6 Å². The smallest absolute Gasteiger partial charge is 0.185 e. The predicted molar refractivity (Wildman–Crippen MR) is 64.4 cm³/mol. The van der Waals surface area contributed by atoms with Gasteiger partial charge in [-0.3, -0.25) is 0 Å². The Bertz CT molecular complexity index is 275. The standard InChI is InChI=1S/C10H17ClN2S/c1-4-8(3)13(5-2)10-12-9(6-11)7-14-10/h7-8H,4-6H2,1-3H3. The van der Waals surface area contributed by atoms with E-state index in [1.807, 2.05) is 5.38 Å². The molecule has 2 nitrogen and oxygen atoms in total. The Morgan fingerprint density at radius 2 is 2.29 bits per heavy atom. The summed E-state index contributed by atoms with van der Waals surface area (Å²) in [5.41, 5.74) is 0.980. The molecule has 0 aliphatic rings. The van der Waals surface area contributed by atoms with Crippen molar-refractivity contribution in [2.45, 2.75) is 39.1 Å². The van der Waals surface area contributed by atoms with Gasteiger partial charge in [-0.15, -0.1) is 22.9 Å². The fourth-order valence-corrected chi connectivity index (χ4v) is 2.57. The number of hydrogen-bond acceptors (Lipinski definition) is 3. The lowest BCUT2D eigenvalue weighted by Gasteiger charge is -2.26. The lowest BCUT2D eigenvalue weighted by molar-refractivity contribution is 0.628. The van der Waals surface area contributed by atoms with Crippen LogP contribution in [0.25, 0.3) is 0 Å². The topological polar surface area (TPSA) is 16.1 Å². The van der Waals surface area contributed by atoms with Crippen LogP contribution < -0.4 is 4.90 Å². The van der Waals surface area contributed by atoms with Crippen LogP contribution in [-0.2, 0) is 5.88 Å². The number of hydrogen-bond donors (Lipinski definition) is 0. The second kappa shape index (κ2) is 5.56. The lowest BCUT2D eigenvalue weighted by atomic mass is 10.2. The highest BCUT2D eigenvalue weighted by molar-refractivity contribution is 7.13. The van der Waals surface area contributed by atoms with Gasteiger partial charge in [0.15, 0.2) is 5.13 Å². The van der Waals surface area contributed by atoms with Gasteiger partial charge in [0.1, 0.15) is 0 Å². The van der Waals surface area contributed by atoms with Gasteiger partial charge in [0, 0.05) is 18.0 Å². The van der Waals surface area contributed by atoms with Crippen molar-refractivity contribution in [3.8, 4) is 0 Å². The highest BCUT2D eigenvalue weighted by atomic mass is 35.5. The van der Waals surface area contributed by atoms with E-state index in [1.165, 1.54) is 0 Å².